The Morgan fingerprint density at radius 1 is 1.21 bits per heavy atom. The summed E-state index contributed by atoms with van der Waals surface area (Å²) in [6.07, 6.45) is 0. The minimum absolute atomic E-state index is 0.0426. The lowest BCUT2D eigenvalue weighted by Crippen LogP contribution is -2.20. The third-order valence-electron chi connectivity index (χ3n) is 2.34. The van der Waals surface area contributed by atoms with Gasteiger partial charge in [0.1, 0.15) is 11.0 Å². The molecule has 0 fully saturated rings. The molecule has 0 aliphatic heterocycles. The second-order valence-corrected chi connectivity index (χ2v) is 8.57. The molecule has 1 atom stereocenters. The van der Waals surface area contributed by atoms with Crippen LogP contribution in [0.3, 0.4) is 0 Å². The number of benzene rings is 1. The van der Waals surface area contributed by atoms with Gasteiger partial charge in [-0.1, -0.05) is 12.1 Å². The number of hydrogen-bond donors (Lipinski definition) is 1. The van der Waals surface area contributed by atoms with Crippen molar-refractivity contribution in [3.8, 4) is 0 Å². The molecule has 5 nitrogen and oxygen atoms in total. The lowest BCUT2D eigenvalue weighted by atomic mass is 10.1. The van der Waals surface area contributed by atoms with Crippen LogP contribution in [0.5, 0.6) is 0 Å². The minimum Gasteiger partial charge on any atom is -0.234 e. The number of sulfonamides is 1. The smallest absolute Gasteiger partial charge is 0.234 e. The van der Waals surface area contributed by atoms with Crippen LogP contribution in [0.25, 0.3) is 0 Å². The molecule has 1 aromatic rings. The van der Waals surface area contributed by atoms with Crippen molar-refractivity contribution in [2.24, 2.45) is 9.54 Å². The molecule has 1 aromatic carbocycles. The first-order chi connectivity index (χ1) is 8.51. The van der Waals surface area contributed by atoms with E-state index in [-0.39, 0.29) is 4.90 Å². The Labute approximate surface area is 116 Å². The maximum absolute atomic E-state index is 11.9. The molecule has 2 N–H and O–H groups in total. The van der Waals surface area contributed by atoms with Crippen LogP contribution in [0.1, 0.15) is 33.3 Å². The Bertz CT molecular complexity index is 611. The highest BCUT2D eigenvalue weighted by atomic mass is 32.2. The highest BCUT2D eigenvalue weighted by Crippen LogP contribution is 2.15. The molecule has 0 saturated heterocycles. The van der Waals surface area contributed by atoms with E-state index in [0.29, 0.717) is 11.3 Å². The van der Waals surface area contributed by atoms with Crippen LogP contribution < -0.4 is 5.14 Å². The van der Waals surface area contributed by atoms with Crippen molar-refractivity contribution in [2.45, 2.75) is 37.3 Å². The fourth-order valence-corrected chi connectivity index (χ4v) is 2.34. The summed E-state index contributed by atoms with van der Waals surface area (Å²) < 4.78 is 37.8. The Morgan fingerprint density at radius 2 is 1.68 bits per heavy atom. The molecule has 7 heteroatoms. The summed E-state index contributed by atoms with van der Waals surface area (Å²) >= 11 is 0. The Balaban J connectivity index is 3.06. The second-order valence-electron chi connectivity index (χ2n) is 5.11. The molecule has 0 unspecified atom stereocenters. The molecule has 0 aliphatic carbocycles. The first-order valence-electron chi connectivity index (χ1n) is 5.62. The third-order valence-corrected chi connectivity index (χ3v) is 4.76. The molecule has 0 aliphatic rings. The largest absolute Gasteiger partial charge is 0.238 e. The summed E-state index contributed by atoms with van der Waals surface area (Å²) in [4.78, 5) is 0.0426. The number of hydrogen-bond acceptors (Lipinski definition) is 3. The Hall–Kier alpha value is -1.05. The molecule has 0 amide bonds. The summed E-state index contributed by atoms with van der Waals surface area (Å²) in [6, 6.07) is 6.00. The van der Waals surface area contributed by atoms with Crippen LogP contribution in [-0.4, -0.2) is 23.1 Å². The van der Waals surface area contributed by atoms with E-state index in [0.717, 1.165) is 0 Å². The van der Waals surface area contributed by atoms with Gasteiger partial charge in [0, 0.05) is 0 Å². The molecule has 0 spiro atoms. The predicted molar refractivity (Wildman–Crippen MR) is 77.9 cm³/mol. The van der Waals surface area contributed by atoms with Gasteiger partial charge in [0.25, 0.3) is 0 Å². The van der Waals surface area contributed by atoms with Crippen LogP contribution in [-0.2, 0) is 21.0 Å². The molecule has 106 valence electrons. The SMILES string of the molecule is C/C(=N\[S@](=O)C(C)(C)C)c1ccc(S(N)(=O)=O)cc1. The third kappa shape index (κ3) is 4.52. The zero-order chi connectivity index (χ0) is 14.8. The molecule has 19 heavy (non-hydrogen) atoms. The Kier molecular flexibility index (Phi) is 4.65. The van der Waals surface area contributed by atoms with E-state index in [1.165, 1.54) is 12.1 Å². The van der Waals surface area contributed by atoms with Crippen molar-refractivity contribution in [1.29, 1.82) is 0 Å². The molecule has 0 radical (unpaired) electrons. The van der Waals surface area contributed by atoms with Gasteiger partial charge < -0.3 is 0 Å². The average molecular weight is 302 g/mol. The van der Waals surface area contributed by atoms with Crippen LogP contribution in [0.2, 0.25) is 0 Å². The molecule has 0 aromatic heterocycles. The number of rotatable bonds is 3. The molecule has 1 rings (SSSR count). The van der Waals surface area contributed by atoms with E-state index in [2.05, 4.69) is 4.40 Å². The van der Waals surface area contributed by atoms with E-state index in [4.69, 9.17) is 5.14 Å². The van der Waals surface area contributed by atoms with Crippen molar-refractivity contribution < 1.29 is 12.6 Å². The lowest BCUT2D eigenvalue weighted by molar-refractivity contribution is 0.598. The van der Waals surface area contributed by atoms with Gasteiger partial charge in [-0.05, 0) is 45.4 Å². The monoisotopic (exact) mass is 302 g/mol. The first kappa shape index (κ1) is 16.0. The van der Waals surface area contributed by atoms with E-state index in [1.807, 2.05) is 20.8 Å². The lowest BCUT2D eigenvalue weighted by Gasteiger charge is -2.14. The van der Waals surface area contributed by atoms with Crippen molar-refractivity contribution in [2.75, 3.05) is 0 Å². The normalized spacial score (nSPS) is 15.3. The number of nitrogens with two attached hydrogens (primary N) is 1. The van der Waals surface area contributed by atoms with Crippen molar-refractivity contribution in [1.82, 2.24) is 0 Å². The first-order valence-corrected chi connectivity index (χ1v) is 8.27. The second kappa shape index (κ2) is 5.52. The maximum atomic E-state index is 11.9. The summed E-state index contributed by atoms with van der Waals surface area (Å²) in [5.41, 5.74) is 1.30. The molecule has 0 saturated carbocycles. The fraction of sp³-hybridized carbons (Fsp3) is 0.417. The van der Waals surface area contributed by atoms with E-state index < -0.39 is 25.8 Å². The summed E-state index contributed by atoms with van der Waals surface area (Å²) in [5, 5.41) is 5.01. The summed E-state index contributed by atoms with van der Waals surface area (Å²) in [5.74, 6) is 0. The van der Waals surface area contributed by atoms with Gasteiger partial charge in [-0.15, -0.1) is 0 Å². The van der Waals surface area contributed by atoms with Gasteiger partial charge >= 0.3 is 0 Å². The van der Waals surface area contributed by atoms with E-state index in [1.54, 1.807) is 19.1 Å². The van der Waals surface area contributed by atoms with E-state index in [9.17, 15) is 12.6 Å². The van der Waals surface area contributed by atoms with Crippen LogP contribution in [0.15, 0.2) is 33.6 Å². The van der Waals surface area contributed by atoms with Crippen LogP contribution in [0, 0.1) is 0 Å². The highest BCUT2D eigenvalue weighted by Gasteiger charge is 2.19. The van der Waals surface area contributed by atoms with E-state index >= 15 is 0 Å². The average Bonchev–Trinajstić information content (AvgIpc) is 2.26. The number of nitrogens with zero attached hydrogens (tertiary/aromatic N) is 1. The molecular weight excluding hydrogens is 284 g/mol. The zero-order valence-electron chi connectivity index (χ0n) is 11.4. The fourth-order valence-electron chi connectivity index (χ4n) is 1.20. The van der Waals surface area contributed by atoms with Gasteiger partial charge in [0.2, 0.25) is 10.0 Å². The van der Waals surface area contributed by atoms with Crippen LogP contribution >= 0.6 is 0 Å². The van der Waals surface area contributed by atoms with Crippen LogP contribution in [0.4, 0.5) is 0 Å². The predicted octanol–water partition coefficient (Wildman–Crippen LogP) is 1.61. The quantitative estimate of drug-likeness (QED) is 0.860. The van der Waals surface area contributed by atoms with Crippen molar-refractivity contribution >= 4 is 26.7 Å². The van der Waals surface area contributed by atoms with Gasteiger partial charge in [-0.25, -0.2) is 17.8 Å². The van der Waals surface area contributed by atoms with Gasteiger partial charge in [-0.2, -0.15) is 4.40 Å². The topological polar surface area (TPSA) is 89.6 Å². The Morgan fingerprint density at radius 3 is 2.05 bits per heavy atom. The highest BCUT2D eigenvalue weighted by molar-refractivity contribution is 7.89. The van der Waals surface area contributed by atoms with Crippen molar-refractivity contribution in [3.63, 3.8) is 0 Å². The summed E-state index contributed by atoms with van der Waals surface area (Å²) in [6.45, 7) is 7.24. The molecule has 0 bridgehead atoms. The maximum Gasteiger partial charge on any atom is 0.238 e. The standard InChI is InChI=1S/C12H18N2O3S2/c1-9(14-18(15)12(2,3)4)10-5-7-11(8-6-10)19(13,16)17/h5-8H,1-4H3,(H2,13,16,17)/b14-9+/t18-/m1/s1. The number of primary sulfonamides is 1. The molecular formula is C12H18N2O3S2. The minimum atomic E-state index is -3.69. The van der Waals surface area contributed by atoms with Gasteiger partial charge in [0.05, 0.1) is 15.4 Å². The van der Waals surface area contributed by atoms with Gasteiger partial charge in [0.15, 0.2) is 0 Å². The summed E-state index contributed by atoms with van der Waals surface area (Å²) in [7, 11) is -5.04. The van der Waals surface area contributed by atoms with Gasteiger partial charge in [-0.3, -0.25) is 0 Å². The van der Waals surface area contributed by atoms with Crippen molar-refractivity contribution in [3.05, 3.63) is 29.8 Å². The zero-order valence-corrected chi connectivity index (χ0v) is 13.0. The molecule has 0 heterocycles.